The third-order valence-electron chi connectivity index (χ3n) is 5.32. The first-order valence-corrected chi connectivity index (χ1v) is 9.22. The number of rotatable bonds is 4. The smallest absolute Gasteiger partial charge is 0.185 e. The second-order valence-corrected chi connectivity index (χ2v) is 7.60. The summed E-state index contributed by atoms with van der Waals surface area (Å²) in [5, 5.41) is 12.2. The van der Waals surface area contributed by atoms with E-state index >= 15 is 0 Å². The van der Waals surface area contributed by atoms with Crippen LogP contribution < -0.4 is 9.64 Å². The first-order chi connectivity index (χ1) is 11.7. The van der Waals surface area contributed by atoms with E-state index in [1.165, 1.54) is 5.56 Å². The molecule has 0 saturated carbocycles. The molecule has 0 radical (unpaired) electrons. The highest BCUT2D eigenvalue weighted by molar-refractivity contribution is 7.13. The molecule has 8 heteroatoms. The summed E-state index contributed by atoms with van der Waals surface area (Å²) in [5.74, 6) is 2.19. The number of fused-ring (bicyclic) bond motifs is 1. The van der Waals surface area contributed by atoms with Crippen molar-refractivity contribution in [3.8, 4) is 5.75 Å². The van der Waals surface area contributed by atoms with Crippen LogP contribution in [-0.4, -0.2) is 48.8 Å². The molecule has 4 rings (SSSR count). The van der Waals surface area contributed by atoms with Gasteiger partial charge in [-0.2, -0.15) is 0 Å². The number of hydrogen-bond acceptors (Lipinski definition) is 6. The van der Waals surface area contributed by atoms with E-state index in [9.17, 15) is 5.11 Å². The van der Waals surface area contributed by atoms with E-state index < -0.39 is 0 Å². The van der Waals surface area contributed by atoms with Gasteiger partial charge in [-0.25, -0.2) is 4.98 Å². The summed E-state index contributed by atoms with van der Waals surface area (Å²) in [7, 11) is 3.93. The van der Waals surface area contributed by atoms with Crippen molar-refractivity contribution in [1.82, 2.24) is 9.88 Å². The number of aromatic nitrogens is 1. The zero-order valence-corrected chi connectivity index (χ0v) is 17.3. The molecule has 0 spiro atoms. The Balaban J connectivity index is 0.00000121. The molecule has 3 atom stereocenters. The fraction of sp³-hybridized carbons (Fsp3) is 0.500. The maximum Gasteiger partial charge on any atom is 0.185 e. The van der Waals surface area contributed by atoms with Gasteiger partial charge < -0.3 is 14.7 Å². The third kappa shape index (κ3) is 3.80. The lowest BCUT2D eigenvalue weighted by Gasteiger charge is -2.26. The van der Waals surface area contributed by atoms with Gasteiger partial charge in [-0.1, -0.05) is 12.1 Å². The van der Waals surface area contributed by atoms with E-state index in [4.69, 9.17) is 4.74 Å². The zero-order valence-electron chi connectivity index (χ0n) is 14.9. The molecule has 0 aliphatic carbocycles. The quantitative estimate of drug-likeness (QED) is 0.827. The number of benzene rings is 1. The van der Waals surface area contributed by atoms with E-state index in [-0.39, 0.29) is 31.4 Å². The number of nitrogens with zero attached hydrogens (tertiary/aromatic N) is 3. The summed E-state index contributed by atoms with van der Waals surface area (Å²) in [6, 6.07) is 8.94. The van der Waals surface area contributed by atoms with Crippen LogP contribution in [0.2, 0.25) is 0 Å². The van der Waals surface area contributed by atoms with Gasteiger partial charge in [-0.3, -0.25) is 4.90 Å². The molecule has 144 valence electrons. The van der Waals surface area contributed by atoms with Gasteiger partial charge in [0, 0.05) is 37.0 Å². The van der Waals surface area contributed by atoms with Crippen LogP contribution in [0.15, 0.2) is 29.6 Å². The Morgan fingerprint density at radius 1 is 1.19 bits per heavy atom. The van der Waals surface area contributed by atoms with Crippen LogP contribution in [0.1, 0.15) is 17.3 Å². The molecule has 2 aromatic rings. The highest BCUT2D eigenvalue weighted by Crippen LogP contribution is 2.45. The number of aliphatic hydroxyl groups excluding tert-OH is 1. The van der Waals surface area contributed by atoms with Crippen molar-refractivity contribution in [3.05, 3.63) is 40.9 Å². The van der Waals surface area contributed by atoms with Gasteiger partial charge in [0.1, 0.15) is 5.75 Å². The van der Waals surface area contributed by atoms with E-state index in [1.54, 1.807) is 18.4 Å². The van der Waals surface area contributed by atoms with E-state index in [2.05, 4.69) is 46.1 Å². The molecule has 2 saturated heterocycles. The summed E-state index contributed by atoms with van der Waals surface area (Å²) in [4.78, 5) is 9.41. The van der Waals surface area contributed by atoms with Gasteiger partial charge in [0.05, 0.1) is 19.4 Å². The highest BCUT2D eigenvalue weighted by Gasteiger charge is 2.46. The minimum atomic E-state index is 0. The Kier molecular flexibility index (Phi) is 7.16. The average molecular weight is 418 g/mol. The number of hydrogen-bond donors (Lipinski definition) is 1. The molecule has 0 unspecified atom stereocenters. The maximum absolute atomic E-state index is 9.23. The Morgan fingerprint density at radius 2 is 1.92 bits per heavy atom. The molecular formula is C18H25Cl2N3O2S. The molecular weight excluding hydrogens is 393 g/mol. The van der Waals surface area contributed by atoms with Crippen LogP contribution in [0, 0.1) is 11.8 Å². The number of likely N-dealkylation sites (tertiary alicyclic amines) is 1. The topological polar surface area (TPSA) is 48.8 Å². The average Bonchev–Trinajstić information content (AvgIpc) is 3.28. The van der Waals surface area contributed by atoms with Gasteiger partial charge in [-0.15, -0.1) is 36.2 Å². The molecule has 0 bridgehead atoms. The molecule has 1 aromatic carbocycles. The van der Waals surface area contributed by atoms with Crippen molar-refractivity contribution in [2.75, 3.05) is 38.7 Å². The molecule has 0 amide bonds. The summed E-state index contributed by atoms with van der Waals surface area (Å²) in [6.45, 7) is 3.23. The monoisotopic (exact) mass is 417 g/mol. The third-order valence-corrected chi connectivity index (χ3v) is 6.27. The van der Waals surface area contributed by atoms with Crippen LogP contribution in [0.4, 0.5) is 5.13 Å². The first-order valence-electron chi connectivity index (χ1n) is 8.34. The Morgan fingerprint density at radius 3 is 2.54 bits per heavy atom. The number of thiazole rings is 1. The summed E-state index contributed by atoms with van der Waals surface area (Å²) >= 11 is 1.64. The lowest BCUT2D eigenvalue weighted by Crippen LogP contribution is -2.29. The van der Waals surface area contributed by atoms with Crippen LogP contribution >= 0.6 is 36.2 Å². The molecule has 26 heavy (non-hydrogen) atoms. The van der Waals surface area contributed by atoms with Crippen molar-refractivity contribution in [3.63, 3.8) is 0 Å². The van der Waals surface area contributed by atoms with Gasteiger partial charge >= 0.3 is 0 Å². The van der Waals surface area contributed by atoms with Gasteiger partial charge in [0.15, 0.2) is 5.13 Å². The number of anilines is 1. The van der Waals surface area contributed by atoms with Crippen molar-refractivity contribution in [2.45, 2.75) is 12.6 Å². The van der Waals surface area contributed by atoms with Crippen LogP contribution in [0.25, 0.3) is 0 Å². The van der Waals surface area contributed by atoms with E-state index in [1.807, 2.05) is 5.38 Å². The fourth-order valence-corrected chi connectivity index (χ4v) is 5.07. The molecule has 2 fully saturated rings. The Labute approximate surface area is 170 Å². The molecule has 1 N–H and O–H groups in total. The molecule has 3 heterocycles. The molecule has 2 aliphatic rings. The van der Waals surface area contributed by atoms with Crippen LogP contribution in [0.5, 0.6) is 5.75 Å². The Hall–Kier alpha value is -1.05. The minimum absolute atomic E-state index is 0. The number of ether oxygens (including phenoxy) is 1. The maximum atomic E-state index is 9.23. The highest BCUT2D eigenvalue weighted by atomic mass is 35.5. The van der Waals surface area contributed by atoms with Crippen molar-refractivity contribution in [2.24, 2.45) is 11.8 Å². The van der Waals surface area contributed by atoms with Crippen molar-refractivity contribution in [1.29, 1.82) is 0 Å². The van der Waals surface area contributed by atoms with Crippen LogP contribution in [-0.2, 0) is 6.61 Å². The predicted octanol–water partition coefficient (Wildman–Crippen LogP) is 3.23. The largest absolute Gasteiger partial charge is 0.497 e. The van der Waals surface area contributed by atoms with Gasteiger partial charge in [-0.05, 0) is 30.7 Å². The second kappa shape index (κ2) is 8.76. The van der Waals surface area contributed by atoms with E-state index in [0.717, 1.165) is 36.2 Å². The molecule has 1 aromatic heterocycles. The first kappa shape index (κ1) is 21.3. The molecule has 5 nitrogen and oxygen atoms in total. The number of halogens is 2. The normalized spacial score (nSPS) is 24.7. The lowest BCUT2D eigenvalue weighted by molar-refractivity contribution is 0.277. The van der Waals surface area contributed by atoms with Crippen molar-refractivity contribution >= 4 is 41.3 Å². The SMILES string of the molecule is COc1ccc([C@@H]2[C@@H]3CN(c4nc(CO)cs4)C[C@@H]3CN2C)cc1.Cl.Cl. The van der Waals surface area contributed by atoms with Crippen LogP contribution in [0.3, 0.4) is 0 Å². The fourth-order valence-electron chi connectivity index (χ4n) is 4.23. The summed E-state index contributed by atoms with van der Waals surface area (Å²) in [5.41, 5.74) is 2.14. The summed E-state index contributed by atoms with van der Waals surface area (Å²) < 4.78 is 5.28. The standard InChI is InChI=1S/C18H23N3O2S.2ClH/c1-20-7-13-8-21(18-19-14(10-22)11-24-18)9-16(13)17(20)12-3-5-15(23-2)6-4-12;;/h3-6,11,13,16-17,22H,7-10H2,1-2H3;2*1H/t13-,16+,17+;;/m0../s1. The Bertz CT molecular complexity index is 713. The van der Waals surface area contributed by atoms with E-state index in [0.29, 0.717) is 17.9 Å². The van der Waals surface area contributed by atoms with Crippen molar-refractivity contribution < 1.29 is 9.84 Å². The zero-order chi connectivity index (χ0) is 16.7. The minimum Gasteiger partial charge on any atom is -0.497 e. The van der Waals surface area contributed by atoms with Gasteiger partial charge in [0.25, 0.3) is 0 Å². The predicted molar refractivity (Wildman–Crippen MR) is 110 cm³/mol. The van der Waals surface area contributed by atoms with Gasteiger partial charge in [0.2, 0.25) is 0 Å². The second-order valence-electron chi connectivity index (χ2n) is 6.77. The number of methoxy groups -OCH3 is 1. The lowest BCUT2D eigenvalue weighted by atomic mass is 9.89. The summed E-state index contributed by atoms with van der Waals surface area (Å²) in [6.07, 6.45) is 0. The number of aliphatic hydroxyl groups is 1. The molecule has 2 aliphatic heterocycles.